The highest BCUT2D eigenvalue weighted by Gasteiger charge is 1.65. The molecule has 5 nitrogen and oxygen atoms in total. The lowest BCUT2D eigenvalue weighted by Crippen LogP contribution is -2.09. The minimum Gasteiger partial charge on any atom is -0.328 e. The Morgan fingerprint density at radius 2 is 1.78 bits per heavy atom. The van der Waals surface area contributed by atoms with Crippen LogP contribution in [0.5, 0.6) is 0 Å². The summed E-state index contributed by atoms with van der Waals surface area (Å²) in [5, 5.41) is 16.8. The molecular weight excluding hydrogens is 124 g/mol. The highest BCUT2D eigenvalue weighted by atomic mass is 16.9. The molecule has 5 heteroatoms. The molecule has 0 aliphatic rings. The zero-order valence-corrected chi connectivity index (χ0v) is 5.63. The fraction of sp³-hybridized carbons (Fsp3) is 1.00. The second kappa shape index (κ2) is 10.2. The molecule has 0 saturated carbocycles. The van der Waals surface area contributed by atoms with Crippen LogP contribution in [0, 0.1) is 10.1 Å². The third kappa shape index (κ3) is 142. The molecule has 0 bridgehead atoms. The second-order valence-electron chi connectivity index (χ2n) is 1.19. The normalized spacial score (nSPS) is 7.33. The van der Waals surface area contributed by atoms with Crippen molar-refractivity contribution in [2.24, 2.45) is 0 Å². The zero-order chi connectivity index (χ0) is 7.70. The van der Waals surface area contributed by atoms with Crippen LogP contribution < -0.4 is 5.32 Å². The van der Waals surface area contributed by atoms with Crippen LogP contribution in [0.25, 0.3) is 0 Å². The molecule has 0 rings (SSSR count). The van der Waals surface area contributed by atoms with E-state index < -0.39 is 5.09 Å². The Kier molecular flexibility index (Phi) is 12.5. The fourth-order valence-electron chi connectivity index (χ4n) is 0.250. The van der Waals surface area contributed by atoms with Gasteiger partial charge in [0.05, 0.1) is 0 Å². The molecule has 56 valence electrons. The van der Waals surface area contributed by atoms with Crippen molar-refractivity contribution in [3.05, 3.63) is 10.1 Å². The van der Waals surface area contributed by atoms with Gasteiger partial charge in [0.2, 0.25) is 0 Å². The van der Waals surface area contributed by atoms with E-state index in [2.05, 4.69) is 19.2 Å². The molecule has 0 unspecified atom stereocenters. The van der Waals surface area contributed by atoms with E-state index in [-0.39, 0.29) is 0 Å². The fourth-order valence-corrected chi connectivity index (χ4v) is 0.250. The average molecular weight is 136 g/mol. The maximum atomic E-state index is 8.36. The molecule has 0 aromatic carbocycles. The molecule has 0 amide bonds. The number of nitrogens with one attached hydrogen (secondary N) is 1. The van der Waals surface area contributed by atoms with E-state index in [9.17, 15) is 0 Å². The number of hydrogen-bond acceptors (Lipinski definition) is 3. The Morgan fingerprint density at radius 3 is 1.78 bits per heavy atom. The average Bonchev–Trinajstić information content (AvgIpc) is 1.66. The van der Waals surface area contributed by atoms with Crippen LogP contribution >= 0.6 is 0 Å². The molecule has 0 aliphatic carbocycles. The Labute approximate surface area is 53.8 Å². The number of rotatable bonds is 2. The molecule has 0 aromatic rings. The molecule has 0 fully saturated rings. The van der Waals surface area contributed by atoms with Gasteiger partial charge in [0, 0.05) is 0 Å². The maximum absolute atomic E-state index is 8.36. The quantitative estimate of drug-likeness (QED) is 0.422. The van der Waals surface area contributed by atoms with E-state index >= 15 is 0 Å². The molecule has 0 radical (unpaired) electrons. The molecule has 9 heavy (non-hydrogen) atoms. The number of hydrogen-bond donors (Lipinski definition) is 2. The van der Waals surface area contributed by atoms with Gasteiger partial charge < -0.3 is 10.5 Å². The van der Waals surface area contributed by atoms with E-state index in [0.717, 1.165) is 13.1 Å². The summed E-state index contributed by atoms with van der Waals surface area (Å²) in [4.78, 5) is 8.36. The molecule has 2 N–H and O–H groups in total. The highest BCUT2D eigenvalue weighted by molar-refractivity contribution is 4.27. The Hall–Kier alpha value is -0.840. The van der Waals surface area contributed by atoms with Gasteiger partial charge in [-0.3, -0.25) is 0 Å². The van der Waals surface area contributed by atoms with Gasteiger partial charge in [0.1, 0.15) is 0 Å². The summed E-state index contributed by atoms with van der Waals surface area (Å²) < 4.78 is 0. The van der Waals surface area contributed by atoms with Crippen molar-refractivity contribution in [3.8, 4) is 0 Å². The van der Waals surface area contributed by atoms with Gasteiger partial charge >= 0.3 is 0 Å². The van der Waals surface area contributed by atoms with Crippen molar-refractivity contribution in [3.63, 3.8) is 0 Å². The van der Waals surface area contributed by atoms with E-state index in [1.807, 2.05) is 0 Å². The summed E-state index contributed by atoms with van der Waals surface area (Å²) in [5.41, 5.74) is 0. The lowest BCUT2D eigenvalue weighted by Gasteiger charge is -1.86. The van der Waals surface area contributed by atoms with Gasteiger partial charge in [-0.1, -0.05) is 13.8 Å². The third-order valence-electron chi connectivity index (χ3n) is 0.500. The molecular formula is C4H12N2O3. The summed E-state index contributed by atoms with van der Waals surface area (Å²) in [5.74, 6) is 0. The SMILES string of the molecule is CCNCC.O=[N+]([O-])O. The van der Waals surface area contributed by atoms with Crippen LogP contribution in [0.2, 0.25) is 0 Å². The Morgan fingerprint density at radius 1 is 1.56 bits per heavy atom. The van der Waals surface area contributed by atoms with Crippen LogP contribution in [0.3, 0.4) is 0 Å². The number of nitrogens with zero attached hydrogens (tertiary/aromatic N) is 1. The first-order valence-electron chi connectivity index (χ1n) is 2.69. The smallest absolute Gasteiger partial charge is 0.291 e. The second-order valence-corrected chi connectivity index (χ2v) is 1.19. The highest BCUT2D eigenvalue weighted by Crippen LogP contribution is 1.47. The Bertz CT molecular complexity index is 60.8. The molecule has 0 aliphatic heterocycles. The minimum atomic E-state index is -1.50. The van der Waals surface area contributed by atoms with Gasteiger partial charge in [-0.05, 0) is 13.1 Å². The van der Waals surface area contributed by atoms with Gasteiger partial charge in [-0.25, -0.2) is 0 Å². The van der Waals surface area contributed by atoms with Gasteiger partial charge in [0.25, 0.3) is 5.09 Å². The third-order valence-corrected chi connectivity index (χ3v) is 0.500. The van der Waals surface area contributed by atoms with Gasteiger partial charge in [-0.15, -0.1) is 10.1 Å². The molecule has 0 aromatic heterocycles. The van der Waals surface area contributed by atoms with Gasteiger partial charge in [-0.2, -0.15) is 0 Å². The summed E-state index contributed by atoms with van der Waals surface area (Å²) in [7, 11) is 0. The molecule has 0 heterocycles. The first kappa shape index (κ1) is 11.0. The minimum absolute atomic E-state index is 1.09. The lowest BCUT2D eigenvalue weighted by atomic mass is 10.7. The van der Waals surface area contributed by atoms with Crippen molar-refractivity contribution in [1.82, 2.24) is 5.32 Å². The predicted molar refractivity (Wildman–Crippen MR) is 33.0 cm³/mol. The summed E-state index contributed by atoms with van der Waals surface area (Å²) in [6, 6.07) is 0. The largest absolute Gasteiger partial charge is 0.328 e. The van der Waals surface area contributed by atoms with Crippen molar-refractivity contribution in [2.45, 2.75) is 13.8 Å². The first-order chi connectivity index (χ1) is 4.15. The van der Waals surface area contributed by atoms with E-state index in [4.69, 9.17) is 15.3 Å². The van der Waals surface area contributed by atoms with Crippen molar-refractivity contribution < 1.29 is 10.3 Å². The van der Waals surface area contributed by atoms with Crippen molar-refractivity contribution in [1.29, 1.82) is 0 Å². The van der Waals surface area contributed by atoms with E-state index in [1.54, 1.807) is 0 Å². The maximum Gasteiger partial charge on any atom is 0.291 e. The lowest BCUT2D eigenvalue weighted by molar-refractivity contribution is -0.742. The first-order valence-corrected chi connectivity index (χ1v) is 2.69. The summed E-state index contributed by atoms with van der Waals surface area (Å²) >= 11 is 0. The molecule has 0 atom stereocenters. The van der Waals surface area contributed by atoms with E-state index in [0.29, 0.717) is 0 Å². The van der Waals surface area contributed by atoms with Crippen LogP contribution in [-0.2, 0) is 0 Å². The van der Waals surface area contributed by atoms with Crippen molar-refractivity contribution in [2.75, 3.05) is 13.1 Å². The van der Waals surface area contributed by atoms with Crippen LogP contribution in [0.15, 0.2) is 0 Å². The standard InChI is InChI=1S/C4H11N.HNO3/c1-3-5-4-2;2-1(3)4/h5H,3-4H2,1-2H3;(H,2,3,4). The van der Waals surface area contributed by atoms with E-state index in [1.165, 1.54) is 0 Å². The zero-order valence-electron chi connectivity index (χ0n) is 5.63. The summed E-state index contributed by atoms with van der Waals surface area (Å²) in [6.07, 6.45) is 0. The van der Waals surface area contributed by atoms with Gasteiger partial charge in [0.15, 0.2) is 0 Å². The molecule has 0 saturated heterocycles. The Balaban J connectivity index is 0. The van der Waals surface area contributed by atoms with Crippen LogP contribution in [-0.4, -0.2) is 23.4 Å². The van der Waals surface area contributed by atoms with Crippen LogP contribution in [0.4, 0.5) is 0 Å². The summed E-state index contributed by atoms with van der Waals surface area (Å²) in [6.45, 7) is 6.39. The topological polar surface area (TPSA) is 75.4 Å². The predicted octanol–water partition coefficient (Wildman–Crippen LogP) is 0.268. The van der Waals surface area contributed by atoms with Crippen LogP contribution in [0.1, 0.15) is 13.8 Å². The monoisotopic (exact) mass is 136 g/mol. The molecule has 0 spiro atoms. The van der Waals surface area contributed by atoms with Crippen molar-refractivity contribution >= 4 is 0 Å².